The minimum absolute atomic E-state index is 0.0221. The summed E-state index contributed by atoms with van der Waals surface area (Å²) >= 11 is 0. The summed E-state index contributed by atoms with van der Waals surface area (Å²) in [5.74, 6) is -0.311. The summed E-state index contributed by atoms with van der Waals surface area (Å²) < 4.78 is 0. The molecule has 0 radical (unpaired) electrons. The molecule has 1 aliphatic rings. The van der Waals surface area contributed by atoms with Gasteiger partial charge in [0.05, 0.1) is 30.0 Å². The van der Waals surface area contributed by atoms with E-state index in [9.17, 15) is 9.59 Å². The van der Waals surface area contributed by atoms with Crippen LogP contribution in [-0.2, 0) is 4.79 Å². The number of anilines is 3. The fourth-order valence-corrected chi connectivity index (χ4v) is 2.65. The van der Waals surface area contributed by atoms with E-state index in [1.807, 2.05) is 4.90 Å². The third-order valence-corrected chi connectivity index (χ3v) is 4.31. The summed E-state index contributed by atoms with van der Waals surface area (Å²) in [4.78, 5) is 47.6. The second-order valence-corrected chi connectivity index (χ2v) is 6.20. The van der Waals surface area contributed by atoms with Crippen LogP contribution in [0.2, 0.25) is 0 Å². The lowest BCUT2D eigenvalue weighted by Crippen LogP contribution is -2.39. The van der Waals surface area contributed by atoms with Crippen molar-refractivity contribution in [1.29, 1.82) is 0 Å². The summed E-state index contributed by atoms with van der Waals surface area (Å²) in [6.45, 7) is 1.68. The van der Waals surface area contributed by atoms with Gasteiger partial charge >= 0.3 is 0 Å². The Bertz CT molecular complexity index is 986. The average Bonchev–Trinajstić information content (AvgIpc) is 2.73. The van der Waals surface area contributed by atoms with Crippen molar-refractivity contribution in [2.45, 2.75) is 6.42 Å². The Balaban J connectivity index is 1.92. The highest BCUT2D eigenvalue weighted by Crippen LogP contribution is 2.22. The number of hydrogen-bond acceptors (Lipinski definition) is 10. The van der Waals surface area contributed by atoms with Gasteiger partial charge in [-0.3, -0.25) is 14.6 Å². The molecule has 12 nitrogen and oxygen atoms in total. The lowest BCUT2D eigenvalue weighted by molar-refractivity contribution is -0.114. The first-order valence-electron chi connectivity index (χ1n) is 9.13. The molecule has 1 saturated heterocycles. The van der Waals surface area contributed by atoms with Crippen molar-refractivity contribution < 1.29 is 9.59 Å². The number of nitrogens with two attached hydrogens (primary N) is 1. The van der Waals surface area contributed by atoms with Crippen LogP contribution in [0.4, 0.5) is 17.3 Å². The SMILES string of the molecule is CN=C(C(=O)NC)C(=CN)NC(=O)c1nc(N2CCC2)cnc1Nc1cncnc1. The van der Waals surface area contributed by atoms with Crippen LogP contribution in [0.25, 0.3) is 0 Å². The maximum Gasteiger partial charge on any atom is 0.278 e. The van der Waals surface area contributed by atoms with E-state index in [-0.39, 0.29) is 22.9 Å². The van der Waals surface area contributed by atoms with Gasteiger partial charge in [0, 0.05) is 33.4 Å². The number of carbonyl (C=O) groups is 2. The third kappa shape index (κ3) is 4.48. The molecule has 1 aliphatic heterocycles. The summed E-state index contributed by atoms with van der Waals surface area (Å²) in [7, 11) is 2.88. The Morgan fingerprint density at radius 3 is 2.53 bits per heavy atom. The van der Waals surface area contributed by atoms with Gasteiger partial charge < -0.3 is 26.6 Å². The number of aromatic nitrogens is 4. The average molecular weight is 410 g/mol. The molecular weight excluding hydrogens is 388 g/mol. The second-order valence-electron chi connectivity index (χ2n) is 6.20. The molecule has 3 heterocycles. The quantitative estimate of drug-likeness (QED) is 0.443. The minimum atomic E-state index is -0.606. The fourth-order valence-electron chi connectivity index (χ4n) is 2.65. The normalized spacial score (nSPS) is 14.0. The van der Waals surface area contributed by atoms with Gasteiger partial charge in [-0.2, -0.15) is 0 Å². The van der Waals surface area contributed by atoms with Crippen LogP contribution in [0.5, 0.6) is 0 Å². The molecule has 0 atom stereocenters. The van der Waals surface area contributed by atoms with Gasteiger partial charge in [-0.05, 0) is 6.42 Å². The van der Waals surface area contributed by atoms with E-state index in [1.165, 1.54) is 20.4 Å². The van der Waals surface area contributed by atoms with Gasteiger partial charge in [-0.15, -0.1) is 0 Å². The van der Waals surface area contributed by atoms with Crippen LogP contribution in [-0.4, -0.2) is 64.6 Å². The van der Waals surface area contributed by atoms with Crippen LogP contribution in [0.15, 0.2) is 41.8 Å². The van der Waals surface area contributed by atoms with E-state index in [0.717, 1.165) is 25.7 Å². The highest BCUT2D eigenvalue weighted by molar-refractivity contribution is 6.45. The lowest BCUT2D eigenvalue weighted by Gasteiger charge is -2.32. The molecule has 1 fully saturated rings. The van der Waals surface area contributed by atoms with Crippen molar-refractivity contribution in [2.24, 2.45) is 10.7 Å². The summed E-state index contributed by atoms with van der Waals surface area (Å²) in [6.07, 6.45) is 8.20. The molecule has 2 aromatic rings. The maximum absolute atomic E-state index is 13.1. The Hall–Kier alpha value is -4.09. The minimum Gasteiger partial charge on any atom is -0.403 e. The number of aliphatic imine (C=N–C) groups is 1. The van der Waals surface area contributed by atoms with Gasteiger partial charge in [0.1, 0.15) is 17.9 Å². The summed E-state index contributed by atoms with van der Waals surface area (Å²) in [5, 5.41) is 8.03. The first-order chi connectivity index (χ1) is 14.6. The number of amides is 2. The van der Waals surface area contributed by atoms with Crippen LogP contribution < -0.4 is 26.6 Å². The molecule has 0 saturated carbocycles. The molecule has 3 rings (SSSR count). The fraction of sp³-hybridized carbons (Fsp3) is 0.278. The number of carbonyl (C=O) groups excluding carboxylic acids is 2. The largest absolute Gasteiger partial charge is 0.403 e. The second kappa shape index (κ2) is 9.41. The van der Waals surface area contributed by atoms with Gasteiger partial charge in [0.25, 0.3) is 11.8 Å². The smallest absolute Gasteiger partial charge is 0.278 e. The molecule has 0 aliphatic carbocycles. The zero-order valence-corrected chi connectivity index (χ0v) is 16.6. The van der Waals surface area contributed by atoms with E-state index >= 15 is 0 Å². The highest BCUT2D eigenvalue weighted by Gasteiger charge is 2.24. The molecule has 0 unspecified atom stereocenters. The van der Waals surface area contributed by atoms with Crippen LogP contribution >= 0.6 is 0 Å². The van der Waals surface area contributed by atoms with Crippen molar-refractivity contribution in [3.63, 3.8) is 0 Å². The van der Waals surface area contributed by atoms with Crippen LogP contribution in [0, 0.1) is 0 Å². The standard InChI is InChI=1S/C18H22N10O2/c1-20-14(17(29)21-2)12(6-19)26-18(30)15-16(25-11-7-22-10-23-8-11)24-9-13(27-15)28-4-3-5-28/h6-10H,3-5,19H2,1-2H3,(H,21,29)(H,24,25)(H,26,30). The van der Waals surface area contributed by atoms with Gasteiger partial charge in [-0.1, -0.05) is 0 Å². The van der Waals surface area contributed by atoms with Crippen molar-refractivity contribution in [2.75, 3.05) is 37.4 Å². The molecule has 0 bridgehead atoms. The number of hydrogen-bond donors (Lipinski definition) is 4. The van der Waals surface area contributed by atoms with E-state index in [1.54, 1.807) is 18.6 Å². The summed E-state index contributed by atoms with van der Waals surface area (Å²) in [5.41, 5.74) is 6.21. The molecule has 30 heavy (non-hydrogen) atoms. The Morgan fingerprint density at radius 2 is 1.97 bits per heavy atom. The number of rotatable bonds is 7. The Kier molecular flexibility index (Phi) is 6.47. The van der Waals surface area contributed by atoms with Crippen molar-refractivity contribution in [1.82, 2.24) is 30.6 Å². The predicted octanol–water partition coefficient (Wildman–Crippen LogP) is -0.433. The van der Waals surface area contributed by atoms with Crippen molar-refractivity contribution in [3.8, 4) is 0 Å². The van der Waals surface area contributed by atoms with Gasteiger partial charge in [0.15, 0.2) is 11.5 Å². The molecule has 0 aromatic carbocycles. The topological polar surface area (TPSA) is 163 Å². The van der Waals surface area contributed by atoms with Crippen molar-refractivity contribution >= 4 is 34.8 Å². The molecule has 156 valence electrons. The van der Waals surface area contributed by atoms with E-state index in [2.05, 4.69) is 40.9 Å². The van der Waals surface area contributed by atoms with E-state index < -0.39 is 11.8 Å². The van der Waals surface area contributed by atoms with Crippen molar-refractivity contribution in [3.05, 3.63) is 42.5 Å². The molecule has 5 N–H and O–H groups in total. The zero-order chi connectivity index (χ0) is 21.5. The molecule has 0 spiro atoms. The first kappa shape index (κ1) is 20.6. The monoisotopic (exact) mass is 410 g/mol. The maximum atomic E-state index is 13.1. The lowest BCUT2D eigenvalue weighted by atomic mass is 10.2. The zero-order valence-electron chi connectivity index (χ0n) is 16.6. The Morgan fingerprint density at radius 1 is 1.23 bits per heavy atom. The molecule has 12 heteroatoms. The molecule has 2 amide bonds. The first-order valence-corrected chi connectivity index (χ1v) is 9.13. The van der Waals surface area contributed by atoms with Crippen LogP contribution in [0.3, 0.4) is 0 Å². The Labute approximate surface area is 172 Å². The van der Waals surface area contributed by atoms with E-state index in [4.69, 9.17) is 5.73 Å². The van der Waals surface area contributed by atoms with Crippen LogP contribution in [0.1, 0.15) is 16.9 Å². The summed E-state index contributed by atoms with van der Waals surface area (Å²) in [6, 6.07) is 0. The third-order valence-electron chi connectivity index (χ3n) is 4.31. The molecule has 2 aromatic heterocycles. The molecular formula is C18H22N10O2. The van der Waals surface area contributed by atoms with Gasteiger partial charge in [0.2, 0.25) is 0 Å². The number of nitrogens with one attached hydrogen (secondary N) is 3. The van der Waals surface area contributed by atoms with E-state index in [0.29, 0.717) is 11.5 Å². The van der Waals surface area contributed by atoms with Gasteiger partial charge in [-0.25, -0.2) is 19.9 Å². The number of nitrogens with zero attached hydrogens (tertiary/aromatic N) is 6. The highest BCUT2D eigenvalue weighted by atomic mass is 16.2. The predicted molar refractivity (Wildman–Crippen MR) is 111 cm³/mol.